The zero-order chi connectivity index (χ0) is 86.5. The molecule has 131 heavy (non-hydrogen) atoms. The molecule has 0 N–H and O–H groups in total. The molecule has 6 heterocycles. The minimum Gasteiger partial charge on any atom is -0.456 e. The van der Waals surface area contributed by atoms with Crippen molar-refractivity contribution in [3.8, 4) is 89.0 Å². The molecular formula is C123H78N2O6. The second kappa shape index (κ2) is 30.0. The summed E-state index contributed by atoms with van der Waals surface area (Å²) in [6.45, 7) is 4.72. The Morgan fingerprint density at radius 2 is 0.382 bits per heavy atom. The van der Waals surface area contributed by atoms with Gasteiger partial charge in [-0.1, -0.05) is 311 Å². The van der Waals surface area contributed by atoms with Crippen molar-refractivity contribution in [1.82, 2.24) is 0 Å². The number of fused-ring (bicyclic) bond motifs is 21. The molecule has 8 heteroatoms. The van der Waals surface area contributed by atoms with Crippen LogP contribution in [0.4, 0.5) is 34.1 Å². The van der Waals surface area contributed by atoms with Gasteiger partial charge in [0.15, 0.2) is 0 Å². The van der Waals surface area contributed by atoms with Gasteiger partial charge in [-0.3, -0.25) is 0 Å². The van der Waals surface area contributed by atoms with Gasteiger partial charge in [-0.05, 0) is 217 Å². The normalized spacial score (nSPS) is 12.4. The van der Waals surface area contributed by atoms with E-state index in [9.17, 15) is 0 Å². The van der Waals surface area contributed by atoms with E-state index in [1.165, 1.54) is 22.3 Å². The Morgan fingerprint density at radius 3 is 0.733 bits per heavy atom. The summed E-state index contributed by atoms with van der Waals surface area (Å²) < 4.78 is 38.3. The average molecular weight is 1680 g/mol. The third kappa shape index (κ3) is 12.5. The summed E-state index contributed by atoms with van der Waals surface area (Å²) in [5, 5.41) is 13.6. The summed E-state index contributed by atoms with van der Waals surface area (Å²) in [6.07, 6.45) is 0. The SMILES string of the molecule is CC1(C)c2cc(-c3cccc4c3oc3ccccc34)ccc2-c2ccc(N(c3ccc(-c4ccc5c(c4)oc4ccccc45)cc3)c3ccc(-c4cccc5c4oc4ccccc45)cc3)cc21.c1ccc2c(c1)oc1cc(-c3ccc(N(c4ccc(-c5ccc(-c6cccc7c6oc6ccccc67)cc5)cc4)c4ccc(-c5cccc6c5oc5ccccc56)cc4)cc3)ccc12. The van der Waals surface area contributed by atoms with Crippen LogP contribution >= 0.6 is 0 Å². The van der Waals surface area contributed by atoms with E-state index in [1.54, 1.807) is 0 Å². The molecule has 0 unspecified atom stereocenters. The van der Waals surface area contributed by atoms with E-state index < -0.39 is 0 Å². The molecule has 1 aliphatic carbocycles. The van der Waals surface area contributed by atoms with E-state index in [4.69, 9.17) is 26.5 Å². The second-order valence-corrected chi connectivity index (χ2v) is 34.8. The number of para-hydroxylation sites is 10. The number of hydrogen-bond acceptors (Lipinski definition) is 8. The lowest BCUT2D eigenvalue weighted by molar-refractivity contribution is 0.660. The van der Waals surface area contributed by atoms with Gasteiger partial charge in [0.25, 0.3) is 0 Å². The predicted octanol–water partition coefficient (Wildman–Crippen LogP) is 35.7. The molecule has 0 saturated carbocycles. The van der Waals surface area contributed by atoms with Gasteiger partial charge in [-0.2, -0.15) is 0 Å². The molecule has 27 rings (SSSR count). The van der Waals surface area contributed by atoms with Gasteiger partial charge in [0.05, 0.1) is 0 Å². The maximum atomic E-state index is 6.51. The van der Waals surface area contributed by atoms with E-state index in [0.717, 1.165) is 244 Å². The van der Waals surface area contributed by atoms with Gasteiger partial charge in [0.1, 0.15) is 67.0 Å². The van der Waals surface area contributed by atoms with Crippen molar-refractivity contribution in [1.29, 1.82) is 0 Å². The molecule has 0 amide bonds. The molecule has 616 valence electrons. The molecule has 0 aliphatic heterocycles. The Kier molecular flexibility index (Phi) is 17.2. The predicted molar refractivity (Wildman–Crippen MR) is 542 cm³/mol. The molecule has 0 atom stereocenters. The number of rotatable bonds is 13. The molecule has 0 fully saturated rings. The third-order valence-corrected chi connectivity index (χ3v) is 27.0. The highest BCUT2D eigenvalue weighted by Gasteiger charge is 2.37. The minimum absolute atomic E-state index is 0.265. The fourth-order valence-corrected chi connectivity index (χ4v) is 20.5. The van der Waals surface area contributed by atoms with Crippen LogP contribution in [0, 0.1) is 0 Å². The fraction of sp³-hybridized carbons (Fsp3) is 0.0244. The van der Waals surface area contributed by atoms with E-state index in [2.05, 4.69) is 394 Å². The summed E-state index contributed by atoms with van der Waals surface area (Å²) in [7, 11) is 0. The summed E-state index contributed by atoms with van der Waals surface area (Å²) >= 11 is 0. The zero-order valence-corrected chi connectivity index (χ0v) is 71.4. The van der Waals surface area contributed by atoms with E-state index >= 15 is 0 Å². The van der Waals surface area contributed by atoms with Crippen LogP contribution in [-0.2, 0) is 5.41 Å². The molecule has 26 aromatic rings. The number of anilines is 6. The van der Waals surface area contributed by atoms with Crippen LogP contribution in [-0.4, -0.2) is 0 Å². The van der Waals surface area contributed by atoms with E-state index in [0.29, 0.717) is 0 Å². The standard InChI is InChI=1S/C63H41NO3.C60H37NO3/c1-63(2)55-35-41(46-15-10-17-54-51-13-5-8-20-59(51)67-62(46)54)26-32-47(55)48-34-31-44(37-56(48)63)64(42-27-21-38(22-28-42)40-25-33-52-49-11-3-6-18-57(49)65-60(52)36-40)43-29-23-39(24-30-43)45-14-9-16-53-50-12-4-7-19-58(50)66-61(45)53;1-4-16-55-49(9-1)52-36-29-43(37-58(52)62-55)40-25-32-45(33-26-40)61(46-34-27-42(28-35-46)48-13-8-15-54-51-11-3-6-18-57(51)64-60(48)54)44-30-23-39(24-31-44)38-19-21-41(22-20-38)47-12-7-14-53-50-10-2-5-17-56(50)63-59(47)53/h3-37H,1-2H3;1-37H. The number of furan rings is 6. The highest BCUT2D eigenvalue weighted by molar-refractivity contribution is 6.15. The van der Waals surface area contributed by atoms with Gasteiger partial charge in [0.2, 0.25) is 0 Å². The first-order valence-corrected chi connectivity index (χ1v) is 44.6. The summed E-state index contributed by atoms with van der Waals surface area (Å²) in [4.78, 5) is 4.70. The van der Waals surface area contributed by atoms with Crippen molar-refractivity contribution in [3.05, 3.63) is 448 Å². The Hall–Kier alpha value is -17.2. The summed E-state index contributed by atoms with van der Waals surface area (Å²) in [6, 6.07) is 155. The van der Waals surface area contributed by atoms with E-state index in [1.807, 2.05) is 66.7 Å². The van der Waals surface area contributed by atoms with Crippen LogP contribution in [0.5, 0.6) is 0 Å². The van der Waals surface area contributed by atoms with Gasteiger partial charge in [0, 0.05) is 126 Å². The number of benzene rings is 20. The zero-order valence-electron chi connectivity index (χ0n) is 71.4. The average Bonchev–Trinajstić information content (AvgIpc) is 1.57. The fourth-order valence-electron chi connectivity index (χ4n) is 20.5. The monoisotopic (exact) mass is 1680 g/mol. The van der Waals surface area contributed by atoms with Crippen molar-refractivity contribution in [2.75, 3.05) is 9.80 Å². The Morgan fingerprint density at radius 1 is 0.153 bits per heavy atom. The smallest absolute Gasteiger partial charge is 0.143 e. The highest BCUT2D eigenvalue weighted by atomic mass is 16.3. The van der Waals surface area contributed by atoms with Crippen LogP contribution in [0.2, 0.25) is 0 Å². The van der Waals surface area contributed by atoms with Crippen molar-refractivity contribution in [2.45, 2.75) is 19.3 Å². The summed E-state index contributed by atoms with van der Waals surface area (Å²) in [5.41, 5.74) is 37.7. The molecule has 1 aliphatic rings. The van der Waals surface area contributed by atoms with Gasteiger partial charge in [-0.25, -0.2) is 0 Å². The lowest BCUT2D eigenvalue weighted by Gasteiger charge is -2.28. The van der Waals surface area contributed by atoms with Gasteiger partial charge >= 0.3 is 0 Å². The minimum atomic E-state index is -0.265. The third-order valence-electron chi connectivity index (χ3n) is 27.0. The molecule has 8 nitrogen and oxygen atoms in total. The van der Waals surface area contributed by atoms with Crippen molar-refractivity contribution in [3.63, 3.8) is 0 Å². The molecule has 6 aromatic heterocycles. The molecule has 0 spiro atoms. The highest BCUT2D eigenvalue weighted by Crippen LogP contribution is 2.54. The quantitative estimate of drug-likeness (QED) is 0.113. The van der Waals surface area contributed by atoms with E-state index in [-0.39, 0.29) is 5.41 Å². The maximum Gasteiger partial charge on any atom is 0.143 e. The molecule has 0 radical (unpaired) electrons. The number of hydrogen-bond donors (Lipinski definition) is 0. The van der Waals surface area contributed by atoms with Gasteiger partial charge in [-0.15, -0.1) is 0 Å². The summed E-state index contributed by atoms with van der Waals surface area (Å²) in [5.74, 6) is 0. The van der Waals surface area contributed by atoms with Crippen LogP contribution in [0.25, 0.3) is 221 Å². The molecule has 0 bridgehead atoms. The second-order valence-electron chi connectivity index (χ2n) is 34.8. The Labute approximate surface area is 753 Å². The molecular weight excluding hydrogens is 1600 g/mol. The van der Waals surface area contributed by atoms with Crippen molar-refractivity contribution < 1.29 is 26.5 Å². The first-order chi connectivity index (χ1) is 64.6. The maximum absolute atomic E-state index is 6.51. The lowest BCUT2D eigenvalue weighted by atomic mass is 9.81. The molecule has 0 saturated heterocycles. The van der Waals surface area contributed by atoms with Crippen molar-refractivity contribution >= 4 is 166 Å². The Bertz CT molecular complexity index is 9050. The molecule has 20 aromatic carbocycles. The van der Waals surface area contributed by atoms with Crippen LogP contribution in [0.1, 0.15) is 25.0 Å². The van der Waals surface area contributed by atoms with Crippen LogP contribution < -0.4 is 9.80 Å². The first-order valence-electron chi connectivity index (χ1n) is 44.6. The van der Waals surface area contributed by atoms with Gasteiger partial charge < -0.3 is 36.3 Å². The number of nitrogens with zero attached hydrogens (tertiary/aromatic N) is 2. The lowest BCUT2D eigenvalue weighted by Crippen LogP contribution is -2.16. The van der Waals surface area contributed by atoms with Crippen LogP contribution in [0.3, 0.4) is 0 Å². The Balaban J connectivity index is 0.000000138. The van der Waals surface area contributed by atoms with Crippen LogP contribution in [0.15, 0.2) is 463 Å². The topological polar surface area (TPSA) is 85.3 Å². The largest absolute Gasteiger partial charge is 0.456 e. The first kappa shape index (κ1) is 75.2. The van der Waals surface area contributed by atoms with Crippen molar-refractivity contribution in [2.24, 2.45) is 0 Å².